The number of aromatic nitrogens is 2. The maximum Gasteiger partial charge on any atom is 0.273 e. The van der Waals surface area contributed by atoms with Gasteiger partial charge in [-0.2, -0.15) is 5.10 Å². The molecule has 2 rings (SSSR count). The number of carbonyl (C=O) groups excluding carboxylic acids is 1. The fourth-order valence-electron chi connectivity index (χ4n) is 1.94. The summed E-state index contributed by atoms with van der Waals surface area (Å²) in [7, 11) is 0. The summed E-state index contributed by atoms with van der Waals surface area (Å²) in [5, 5.41) is 39.2. The van der Waals surface area contributed by atoms with Crippen LogP contribution in [-0.2, 0) is 0 Å². The van der Waals surface area contributed by atoms with Gasteiger partial charge >= 0.3 is 0 Å². The lowest BCUT2D eigenvalue weighted by atomic mass is 10.0. The highest BCUT2D eigenvalue weighted by Crippen LogP contribution is 2.25. The molecule has 0 aliphatic rings. The summed E-state index contributed by atoms with van der Waals surface area (Å²) in [6, 6.07) is 4.17. The molecule has 0 radical (unpaired) electrons. The highest BCUT2D eigenvalue weighted by molar-refractivity contribution is 9.13. The van der Waals surface area contributed by atoms with Crippen LogP contribution in [0.25, 0.3) is 0 Å². The number of nitrogens with zero attached hydrogens (tertiary/aromatic N) is 2. The van der Waals surface area contributed by atoms with E-state index >= 15 is 0 Å². The maximum atomic E-state index is 12.2. The van der Waals surface area contributed by atoms with Crippen molar-refractivity contribution < 1.29 is 19.9 Å². The van der Waals surface area contributed by atoms with Crippen LogP contribution >= 0.6 is 31.9 Å². The van der Waals surface area contributed by atoms with Crippen molar-refractivity contribution in [2.75, 3.05) is 6.61 Å². The molecule has 0 saturated heterocycles. The highest BCUT2D eigenvalue weighted by Gasteiger charge is 2.25. The number of hydrogen-bond donors (Lipinski definition) is 4. The van der Waals surface area contributed by atoms with E-state index in [0.29, 0.717) is 14.6 Å². The van der Waals surface area contributed by atoms with Crippen molar-refractivity contribution in [1.29, 1.82) is 0 Å². The molecule has 128 valence electrons. The van der Waals surface area contributed by atoms with Gasteiger partial charge in [0, 0.05) is 12.1 Å². The van der Waals surface area contributed by atoms with Gasteiger partial charge in [0.05, 0.1) is 22.0 Å². The molecule has 0 aliphatic carbocycles. The Morgan fingerprint density at radius 3 is 2.46 bits per heavy atom. The lowest BCUT2D eigenvalue weighted by Gasteiger charge is -2.22. The van der Waals surface area contributed by atoms with E-state index in [1.54, 1.807) is 0 Å². The van der Waals surface area contributed by atoms with E-state index in [9.17, 15) is 25.1 Å². The summed E-state index contributed by atoms with van der Waals surface area (Å²) in [5.74, 6) is -0.608. The second kappa shape index (κ2) is 7.83. The number of benzene rings is 1. The monoisotopic (exact) mass is 462 g/mol. The van der Waals surface area contributed by atoms with E-state index in [-0.39, 0.29) is 11.4 Å². The van der Waals surface area contributed by atoms with E-state index in [1.165, 1.54) is 24.3 Å². The minimum atomic E-state index is -1.25. The van der Waals surface area contributed by atoms with Crippen LogP contribution in [0.3, 0.4) is 0 Å². The highest BCUT2D eigenvalue weighted by atomic mass is 79.9. The first-order valence-electron chi connectivity index (χ1n) is 6.58. The predicted octanol–water partition coefficient (Wildman–Crippen LogP) is 1.67. The Hall–Kier alpha value is -1.82. The van der Waals surface area contributed by atoms with Gasteiger partial charge in [0.2, 0.25) is 0 Å². The van der Waals surface area contributed by atoms with E-state index in [2.05, 4.69) is 47.4 Å². The van der Waals surface area contributed by atoms with Gasteiger partial charge in [-0.3, -0.25) is 20.0 Å². The van der Waals surface area contributed by atoms with Gasteiger partial charge in [-0.25, -0.2) is 0 Å². The molecule has 0 fully saturated rings. The van der Waals surface area contributed by atoms with Crippen LogP contribution in [-0.4, -0.2) is 43.9 Å². The molecule has 0 aliphatic heterocycles. The molecule has 11 heteroatoms. The first-order valence-corrected chi connectivity index (χ1v) is 8.17. The lowest BCUT2D eigenvalue weighted by molar-refractivity contribution is -0.384. The van der Waals surface area contributed by atoms with Gasteiger partial charge in [0.25, 0.3) is 11.6 Å². The molecule has 1 amide bonds. The first kappa shape index (κ1) is 18.5. The normalized spacial score (nSPS) is 13.3. The summed E-state index contributed by atoms with van der Waals surface area (Å²) < 4.78 is 0.880. The zero-order chi connectivity index (χ0) is 17.9. The number of aliphatic hydroxyl groups is 2. The first-order chi connectivity index (χ1) is 11.3. The molecule has 4 N–H and O–H groups in total. The zero-order valence-electron chi connectivity index (χ0n) is 11.9. The smallest absolute Gasteiger partial charge is 0.273 e. The van der Waals surface area contributed by atoms with Crippen molar-refractivity contribution in [1.82, 2.24) is 15.5 Å². The number of halogens is 2. The van der Waals surface area contributed by atoms with Gasteiger partial charge in [0.15, 0.2) is 5.69 Å². The number of aliphatic hydroxyl groups excluding tert-OH is 2. The molecule has 0 saturated carbocycles. The van der Waals surface area contributed by atoms with Gasteiger partial charge in [0.1, 0.15) is 10.7 Å². The summed E-state index contributed by atoms with van der Waals surface area (Å²) >= 11 is 6.33. The van der Waals surface area contributed by atoms with E-state index in [1.807, 2.05) is 0 Å². The maximum absolute atomic E-state index is 12.2. The van der Waals surface area contributed by atoms with Crippen molar-refractivity contribution in [3.63, 3.8) is 0 Å². The Balaban J connectivity index is 2.13. The third kappa shape index (κ3) is 3.98. The van der Waals surface area contributed by atoms with Gasteiger partial charge in [-0.1, -0.05) is 0 Å². The fraction of sp³-hybridized carbons (Fsp3) is 0.231. The number of carbonyl (C=O) groups is 1. The number of H-pyrrole nitrogens is 1. The van der Waals surface area contributed by atoms with Crippen LogP contribution in [0.1, 0.15) is 22.2 Å². The van der Waals surface area contributed by atoms with E-state index in [4.69, 9.17) is 0 Å². The van der Waals surface area contributed by atoms with Crippen LogP contribution in [0.2, 0.25) is 0 Å². The third-order valence-corrected chi connectivity index (χ3v) is 5.10. The minimum Gasteiger partial charge on any atom is -0.394 e. The van der Waals surface area contributed by atoms with Crippen molar-refractivity contribution in [2.24, 2.45) is 0 Å². The summed E-state index contributed by atoms with van der Waals surface area (Å²) in [5.41, 5.74) is 0.249. The molecule has 1 heterocycles. The third-order valence-electron chi connectivity index (χ3n) is 3.22. The molecule has 2 atom stereocenters. The largest absolute Gasteiger partial charge is 0.394 e. The quantitative estimate of drug-likeness (QED) is 0.379. The fourth-order valence-corrected chi connectivity index (χ4v) is 2.58. The SMILES string of the molecule is O=C(NC(CO)C(O)c1ccc([N+](=O)[O-])cc1)c1n[nH]c(Br)c1Br. The molecule has 0 spiro atoms. The second-order valence-corrected chi connectivity index (χ2v) is 6.34. The van der Waals surface area contributed by atoms with Crippen LogP contribution in [0, 0.1) is 10.1 Å². The molecule has 0 bridgehead atoms. The number of amides is 1. The molecular formula is C13H12Br2N4O5. The number of rotatable bonds is 6. The molecule has 1 aromatic carbocycles. The van der Waals surface area contributed by atoms with Crippen LogP contribution < -0.4 is 5.32 Å². The van der Waals surface area contributed by atoms with Crippen molar-refractivity contribution in [2.45, 2.75) is 12.1 Å². The Labute approximate surface area is 152 Å². The number of nitrogens with one attached hydrogen (secondary N) is 2. The van der Waals surface area contributed by atoms with Gasteiger partial charge < -0.3 is 15.5 Å². The molecule has 1 aromatic heterocycles. The number of nitro benzene ring substituents is 1. The Kier molecular flexibility index (Phi) is 6.04. The second-order valence-electron chi connectivity index (χ2n) is 4.76. The number of non-ortho nitro benzene ring substituents is 1. The summed E-state index contributed by atoms with van der Waals surface area (Å²) in [6.45, 7) is -0.535. The lowest BCUT2D eigenvalue weighted by Crippen LogP contribution is -2.42. The van der Waals surface area contributed by atoms with Crippen molar-refractivity contribution in [3.8, 4) is 0 Å². The Morgan fingerprint density at radius 1 is 1.38 bits per heavy atom. The summed E-state index contributed by atoms with van der Waals surface area (Å²) in [4.78, 5) is 22.2. The molecule has 2 unspecified atom stereocenters. The summed E-state index contributed by atoms with van der Waals surface area (Å²) in [6.07, 6.45) is -1.25. The topological polar surface area (TPSA) is 141 Å². The van der Waals surface area contributed by atoms with E-state index < -0.39 is 29.6 Å². The average molecular weight is 464 g/mol. The zero-order valence-corrected chi connectivity index (χ0v) is 15.1. The Morgan fingerprint density at radius 2 is 2.00 bits per heavy atom. The Bertz CT molecular complexity index is 749. The number of nitro groups is 1. The molecule has 2 aromatic rings. The number of aromatic amines is 1. The van der Waals surface area contributed by atoms with E-state index in [0.717, 1.165) is 0 Å². The molecular weight excluding hydrogens is 452 g/mol. The molecule has 9 nitrogen and oxygen atoms in total. The van der Waals surface area contributed by atoms with Crippen LogP contribution in [0.5, 0.6) is 0 Å². The van der Waals surface area contributed by atoms with Gasteiger partial charge in [-0.15, -0.1) is 0 Å². The molecule has 24 heavy (non-hydrogen) atoms. The van der Waals surface area contributed by atoms with Crippen molar-refractivity contribution in [3.05, 3.63) is 54.7 Å². The minimum absolute atomic E-state index is 0.0521. The predicted molar refractivity (Wildman–Crippen MR) is 90.4 cm³/mol. The number of hydrogen-bond acceptors (Lipinski definition) is 6. The van der Waals surface area contributed by atoms with Crippen LogP contribution in [0.15, 0.2) is 33.3 Å². The van der Waals surface area contributed by atoms with Gasteiger partial charge in [-0.05, 0) is 49.6 Å². The van der Waals surface area contributed by atoms with Crippen LogP contribution in [0.4, 0.5) is 5.69 Å². The standard InChI is InChI=1S/C13H12Br2N4O5/c14-9-10(17-18-12(9)15)13(22)16-8(5-20)11(21)6-1-3-7(4-2-6)19(23)24/h1-4,8,11,20-21H,5H2,(H,16,22)(H,17,18). The van der Waals surface area contributed by atoms with Crippen molar-refractivity contribution >= 4 is 43.5 Å². The average Bonchev–Trinajstić information content (AvgIpc) is 2.91.